The van der Waals surface area contributed by atoms with E-state index in [1.807, 2.05) is 26.0 Å². The van der Waals surface area contributed by atoms with E-state index in [0.29, 0.717) is 24.0 Å². The third-order valence-electron chi connectivity index (χ3n) is 3.19. The van der Waals surface area contributed by atoms with Crippen molar-refractivity contribution in [2.45, 2.75) is 53.0 Å². The van der Waals surface area contributed by atoms with Crippen LogP contribution in [-0.2, 0) is 6.54 Å². The Balaban J connectivity index is 0.00000441. The van der Waals surface area contributed by atoms with Gasteiger partial charge in [0.2, 0.25) is 0 Å². The number of nitrogens with one attached hydrogen (secondary N) is 1. The van der Waals surface area contributed by atoms with Crippen LogP contribution in [0, 0.1) is 0 Å². The molecule has 1 N–H and O–H groups in total. The minimum Gasteiger partial charge on any atom is -0.490 e. The Labute approximate surface area is 146 Å². The highest BCUT2D eigenvalue weighted by molar-refractivity contribution is 6.32. The molecule has 0 saturated carbocycles. The van der Waals surface area contributed by atoms with Crippen LogP contribution < -0.4 is 14.8 Å². The summed E-state index contributed by atoms with van der Waals surface area (Å²) in [6.45, 7) is 9.15. The van der Waals surface area contributed by atoms with Crippen LogP contribution in [0.25, 0.3) is 0 Å². The van der Waals surface area contributed by atoms with Crippen molar-refractivity contribution in [1.29, 1.82) is 0 Å². The molecule has 3 nitrogen and oxygen atoms in total. The summed E-state index contributed by atoms with van der Waals surface area (Å²) in [5.41, 5.74) is 1.13. The fourth-order valence-corrected chi connectivity index (χ4v) is 2.47. The van der Waals surface area contributed by atoms with E-state index in [-0.39, 0.29) is 12.4 Å². The molecule has 1 rings (SSSR count). The van der Waals surface area contributed by atoms with Gasteiger partial charge in [0.1, 0.15) is 0 Å². The summed E-state index contributed by atoms with van der Waals surface area (Å²) in [6, 6.07) is 3.97. The molecule has 0 fully saturated rings. The van der Waals surface area contributed by atoms with Gasteiger partial charge in [0.05, 0.1) is 18.2 Å². The largest absolute Gasteiger partial charge is 0.490 e. The molecule has 0 heterocycles. The second kappa shape index (κ2) is 12.9. The quantitative estimate of drug-likeness (QED) is 0.555. The fraction of sp³-hybridized carbons (Fsp3) is 0.647. The zero-order chi connectivity index (χ0) is 15.5. The number of ether oxygens (including phenoxy) is 2. The highest BCUT2D eigenvalue weighted by Crippen LogP contribution is 2.36. The molecule has 0 saturated heterocycles. The summed E-state index contributed by atoms with van der Waals surface area (Å²) in [5.74, 6) is 1.38. The van der Waals surface area contributed by atoms with Crippen molar-refractivity contribution in [3.8, 4) is 11.5 Å². The summed E-state index contributed by atoms with van der Waals surface area (Å²) in [5, 5.41) is 4.07. The van der Waals surface area contributed by atoms with E-state index in [9.17, 15) is 0 Å². The molecular formula is C17H29Cl2NO2. The normalized spacial score (nSPS) is 10.2. The lowest BCUT2D eigenvalue weighted by Crippen LogP contribution is -2.15. The van der Waals surface area contributed by atoms with Crippen LogP contribution in [0.2, 0.25) is 5.02 Å². The molecule has 22 heavy (non-hydrogen) atoms. The van der Waals surface area contributed by atoms with E-state index in [1.165, 1.54) is 25.7 Å². The molecule has 0 amide bonds. The van der Waals surface area contributed by atoms with Crippen molar-refractivity contribution < 1.29 is 9.47 Å². The monoisotopic (exact) mass is 349 g/mol. The van der Waals surface area contributed by atoms with Gasteiger partial charge in [-0.25, -0.2) is 0 Å². The zero-order valence-electron chi connectivity index (χ0n) is 13.9. The van der Waals surface area contributed by atoms with Gasteiger partial charge < -0.3 is 14.8 Å². The number of hydrogen-bond acceptors (Lipinski definition) is 3. The summed E-state index contributed by atoms with van der Waals surface area (Å²) in [6.07, 6.45) is 5.09. The molecule has 0 aromatic heterocycles. The molecule has 128 valence electrons. The third kappa shape index (κ3) is 7.57. The molecule has 0 aliphatic rings. The van der Waals surface area contributed by atoms with Crippen LogP contribution in [0.1, 0.15) is 52.0 Å². The van der Waals surface area contributed by atoms with Crippen molar-refractivity contribution >= 4 is 24.0 Å². The lowest BCUT2D eigenvalue weighted by atomic mass is 10.2. The molecule has 1 aromatic carbocycles. The van der Waals surface area contributed by atoms with Crippen molar-refractivity contribution in [2.24, 2.45) is 0 Å². The van der Waals surface area contributed by atoms with Gasteiger partial charge in [-0.2, -0.15) is 0 Å². The maximum absolute atomic E-state index is 6.30. The predicted molar refractivity (Wildman–Crippen MR) is 96.9 cm³/mol. The van der Waals surface area contributed by atoms with E-state index in [4.69, 9.17) is 21.1 Å². The molecule has 0 radical (unpaired) electrons. The first-order valence-corrected chi connectivity index (χ1v) is 8.39. The Kier molecular flexibility index (Phi) is 12.5. The fourth-order valence-electron chi connectivity index (χ4n) is 2.18. The number of benzene rings is 1. The summed E-state index contributed by atoms with van der Waals surface area (Å²) >= 11 is 6.30. The predicted octanol–water partition coefficient (Wildman–Crippen LogP) is 5.23. The standard InChI is InChI=1S/C17H28ClNO2.ClH/c1-4-7-8-9-10-19-13-14-11-15(18)17(21-6-3)16(12-14)20-5-2;/h11-12,19H,4-10,13H2,1-3H3;1H. The molecule has 0 unspecified atom stereocenters. The lowest BCUT2D eigenvalue weighted by molar-refractivity contribution is 0.287. The highest BCUT2D eigenvalue weighted by Gasteiger charge is 2.11. The van der Waals surface area contributed by atoms with Gasteiger partial charge in [-0.15, -0.1) is 12.4 Å². The van der Waals surface area contributed by atoms with Gasteiger partial charge in [-0.1, -0.05) is 37.8 Å². The van der Waals surface area contributed by atoms with E-state index in [1.54, 1.807) is 0 Å². The van der Waals surface area contributed by atoms with Gasteiger partial charge in [-0.3, -0.25) is 0 Å². The maximum Gasteiger partial charge on any atom is 0.179 e. The van der Waals surface area contributed by atoms with E-state index in [2.05, 4.69) is 12.2 Å². The summed E-state index contributed by atoms with van der Waals surface area (Å²) in [4.78, 5) is 0. The van der Waals surface area contributed by atoms with Crippen LogP contribution in [-0.4, -0.2) is 19.8 Å². The molecule has 5 heteroatoms. The Morgan fingerprint density at radius 3 is 2.36 bits per heavy atom. The second-order valence-corrected chi connectivity index (χ2v) is 5.42. The Bertz CT molecular complexity index is 414. The first-order chi connectivity index (χ1) is 10.2. The maximum atomic E-state index is 6.30. The van der Waals surface area contributed by atoms with E-state index < -0.39 is 0 Å². The average molecular weight is 350 g/mol. The minimum absolute atomic E-state index is 0. The smallest absolute Gasteiger partial charge is 0.179 e. The average Bonchev–Trinajstić information content (AvgIpc) is 2.46. The van der Waals surface area contributed by atoms with Crippen molar-refractivity contribution in [2.75, 3.05) is 19.8 Å². The van der Waals surface area contributed by atoms with Gasteiger partial charge in [0.15, 0.2) is 11.5 Å². The molecular weight excluding hydrogens is 321 g/mol. The summed E-state index contributed by atoms with van der Waals surface area (Å²) in [7, 11) is 0. The first-order valence-electron chi connectivity index (χ1n) is 8.01. The first kappa shape index (κ1) is 21.4. The number of hydrogen-bond donors (Lipinski definition) is 1. The number of rotatable bonds is 11. The Morgan fingerprint density at radius 1 is 1.00 bits per heavy atom. The van der Waals surface area contributed by atoms with Crippen molar-refractivity contribution in [1.82, 2.24) is 5.32 Å². The molecule has 0 atom stereocenters. The Morgan fingerprint density at radius 2 is 1.73 bits per heavy atom. The van der Waals surface area contributed by atoms with E-state index >= 15 is 0 Å². The minimum atomic E-state index is 0. The molecule has 0 aliphatic heterocycles. The summed E-state index contributed by atoms with van der Waals surface area (Å²) < 4.78 is 11.2. The second-order valence-electron chi connectivity index (χ2n) is 5.01. The molecule has 0 aliphatic carbocycles. The van der Waals surface area contributed by atoms with Gasteiger partial charge >= 0.3 is 0 Å². The topological polar surface area (TPSA) is 30.5 Å². The van der Waals surface area contributed by atoms with Crippen LogP contribution in [0.15, 0.2) is 12.1 Å². The lowest BCUT2D eigenvalue weighted by Gasteiger charge is -2.14. The van der Waals surface area contributed by atoms with Crippen molar-refractivity contribution in [3.63, 3.8) is 0 Å². The number of halogens is 2. The van der Waals surface area contributed by atoms with Crippen molar-refractivity contribution in [3.05, 3.63) is 22.7 Å². The third-order valence-corrected chi connectivity index (χ3v) is 3.47. The van der Waals surface area contributed by atoms with Gasteiger partial charge in [0, 0.05) is 6.54 Å². The molecule has 0 bridgehead atoms. The SMILES string of the molecule is CCCCCCNCc1cc(Cl)c(OCC)c(OCC)c1.Cl. The van der Waals surface area contributed by atoms with Gasteiger partial charge in [-0.05, 0) is 44.5 Å². The Hall–Kier alpha value is -0.640. The zero-order valence-corrected chi connectivity index (χ0v) is 15.5. The van der Waals surface area contributed by atoms with Crippen LogP contribution in [0.4, 0.5) is 0 Å². The van der Waals surface area contributed by atoms with Crippen LogP contribution in [0.3, 0.4) is 0 Å². The van der Waals surface area contributed by atoms with Crippen LogP contribution >= 0.6 is 24.0 Å². The molecule has 1 aromatic rings. The highest BCUT2D eigenvalue weighted by atomic mass is 35.5. The van der Waals surface area contributed by atoms with E-state index in [0.717, 1.165) is 24.4 Å². The van der Waals surface area contributed by atoms with Gasteiger partial charge in [0.25, 0.3) is 0 Å². The number of unbranched alkanes of at least 4 members (excludes halogenated alkanes) is 3. The molecule has 0 spiro atoms. The van der Waals surface area contributed by atoms with Crippen LogP contribution in [0.5, 0.6) is 11.5 Å².